The van der Waals surface area contributed by atoms with E-state index in [0.717, 1.165) is 22.9 Å². The van der Waals surface area contributed by atoms with Crippen LogP contribution in [0.4, 0.5) is 23.7 Å². The van der Waals surface area contributed by atoms with Crippen LogP contribution >= 0.6 is 0 Å². The largest absolute Gasteiger partial charge is 0.458 e. The van der Waals surface area contributed by atoms with Crippen molar-refractivity contribution in [2.24, 2.45) is 0 Å². The maximum Gasteiger partial charge on any atom is 0.416 e. The summed E-state index contributed by atoms with van der Waals surface area (Å²) in [5.74, 6) is 0.498. The van der Waals surface area contributed by atoms with E-state index >= 15 is 0 Å². The molecule has 5 nitrogen and oxygen atoms in total. The van der Waals surface area contributed by atoms with Crippen molar-refractivity contribution in [2.75, 3.05) is 18.1 Å². The fraction of sp³-hybridized carbons (Fsp3) is 0.318. The van der Waals surface area contributed by atoms with Gasteiger partial charge in [0.1, 0.15) is 12.9 Å². The highest BCUT2D eigenvalue weighted by atomic mass is 19.4. The van der Waals surface area contributed by atoms with Gasteiger partial charge in [0.15, 0.2) is 5.76 Å². The number of aryl methyl sites for hydroxylation is 1. The van der Waals surface area contributed by atoms with Crippen LogP contribution in [-0.4, -0.2) is 25.5 Å². The van der Waals surface area contributed by atoms with Gasteiger partial charge in [-0.2, -0.15) is 13.2 Å². The molecule has 1 saturated heterocycles. The zero-order chi connectivity index (χ0) is 21.5. The first kappa shape index (κ1) is 20.1. The molecule has 1 fully saturated rings. The van der Waals surface area contributed by atoms with Crippen LogP contribution in [0, 0.1) is 13.8 Å². The molecule has 0 saturated carbocycles. The summed E-state index contributed by atoms with van der Waals surface area (Å²) in [5.41, 5.74) is 2.42. The standard InChI is InChI=1S/C22H20F3NO4/c1-13-10-16(26-8-9-28-21(26)27)6-7-17(13)19-12-29-20(30-19)11-15-4-3-5-18(14(15)2)22(23,24)25/h3-7,10,12,20H,8-9,11H2,1-2H3. The van der Waals surface area contributed by atoms with Crippen LogP contribution in [0.5, 0.6) is 0 Å². The molecule has 2 aliphatic heterocycles. The summed E-state index contributed by atoms with van der Waals surface area (Å²) in [6.07, 6.45) is -3.83. The van der Waals surface area contributed by atoms with E-state index in [9.17, 15) is 18.0 Å². The van der Waals surface area contributed by atoms with Crippen molar-refractivity contribution in [2.45, 2.75) is 32.7 Å². The lowest BCUT2D eigenvalue weighted by Crippen LogP contribution is -2.23. The molecule has 0 bridgehead atoms. The van der Waals surface area contributed by atoms with Gasteiger partial charge < -0.3 is 14.2 Å². The lowest BCUT2D eigenvalue weighted by Gasteiger charge is -2.18. The van der Waals surface area contributed by atoms with Crippen molar-refractivity contribution in [1.82, 2.24) is 0 Å². The van der Waals surface area contributed by atoms with Crippen LogP contribution in [0.1, 0.15) is 27.8 Å². The van der Waals surface area contributed by atoms with Crippen molar-refractivity contribution in [3.63, 3.8) is 0 Å². The van der Waals surface area contributed by atoms with Gasteiger partial charge >= 0.3 is 12.3 Å². The molecule has 4 rings (SSSR count). The van der Waals surface area contributed by atoms with Gasteiger partial charge in [0.2, 0.25) is 6.29 Å². The molecular formula is C22H20F3NO4. The Morgan fingerprint density at radius 3 is 2.63 bits per heavy atom. The van der Waals surface area contributed by atoms with Crippen molar-refractivity contribution < 1.29 is 32.2 Å². The number of hydrogen-bond donors (Lipinski definition) is 0. The van der Waals surface area contributed by atoms with Crippen molar-refractivity contribution in [3.05, 3.63) is 70.5 Å². The number of anilines is 1. The van der Waals surface area contributed by atoms with Gasteiger partial charge in [-0.1, -0.05) is 12.1 Å². The summed E-state index contributed by atoms with van der Waals surface area (Å²) in [7, 11) is 0. The first-order chi connectivity index (χ1) is 14.2. The second kappa shape index (κ2) is 7.59. The molecular weight excluding hydrogens is 399 g/mol. The van der Waals surface area contributed by atoms with Crippen LogP contribution in [0.25, 0.3) is 5.76 Å². The quantitative estimate of drug-likeness (QED) is 0.684. The van der Waals surface area contributed by atoms with E-state index in [1.165, 1.54) is 19.3 Å². The Balaban J connectivity index is 1.47. The SMILES string of the molecule is Cc1cc(N2CCOC2=O)ccc1C1=COC(Cc2cccc(C(F)(F)F)c2C)O1. The molecule has 1 atom stereocenters. The number of amides is 1. The zero-order valence-corrected chi connectivity index (χ0v) is 16.5. The molecule has 0 radical (unpaired) electrons. The van der Waals surface area contributed by atoms with Gasteiger partial charge in [0.25, 0.3) is 0 Å². The van der Waals surface area contributed by atoms with Crippen LogP contribution in [0.15, 0.2) is 42.7 Å². The average Bonchev–Trinajstić information content (AvgIpc) is 3.31. The van der Waals surface area contributed by atoms with Gasteiger partial charge in [0.05, 0.1) is 12.1 Å². The van der Waals surface area contributed by atoms with E-state index in [-0.39, 0.29) is 18.1 Å². The van der Waals surface area contributed by atoms with Gasteiger partial charge in [-0.05, 0) is 54.8 Å². The Morgan fingerprint density at radius 1 is 1.17 bits per heavy atom. The van der Waals surface area contributed by atoms with Crippen LogP contribution in [-0.2, 0) is 26.8 Å². The third-order valence-electron chi connectivity index (χ3n) is 5.27. The number of alkyl halides is 3. The van der Waals surface area contributed by atoms with Crippen molar-refractivity contribution >= 4 is 17.5 Å². The Bertz CT molecular complexity index is 1020. The van der Waals surface area contributed by atoms with Crippen LogP contribution in [0.3, 0.4) is 0 Å². The minimum atomic E-state index is -4.40. The molecule has 1 unspecified atom stereocenters. The average molecular weight is 419 g/mol. The minimum absolute atomic E-state index is 0.170. The van der Waals surface area contributed by atoms with E-state index in [1.54, 1.807) is 17.0 Å². The molecule has 158 valence electrons. The van der Waals surface area contributed by atoms with Gasteiger partial charge in [-0.15, -0.1) is 0 Å². The molecule has 30 heavy (non-hydrogen) atoms. The molecule has 0 aromatic heterocycles. The summed E-state index contributed by atoms with van der Waals surface area (Å²) in [5, 5.41) is 0. The second-order valence-corrected chi connectivity index (χ2v) is 7.22. The summed E-state index contributed by atoms with van der Waals surface area (Å²) in [6, 6.07) is 9.58. The highest BCUT2D eigenvalue weighted by Crippen LogP contribution is 2.35. The number of nitrogens with zero attached hydrogens (tertiary/aromatic N) is 1. The van der Waals surface area contributed by atoms with Gasteiger partial charge in [-0.25, -0.2) is 4.79 Å². The molecule has 1 amide bonds. The Hall–Kier alpha value is -3.16. The maximum absolute atomic E-state index is 13.1. The first-order valence-electron chi connectivity index (χ1n) is 9.47. The number of benzene rings is 2. The highest BCUT2D eigenvalue weighted by molar-refractivity contribution is 5.89. The Kier molecular flexibility index (Phi) is 5.09. The highest BCUT2D eigenvalue weighted by Gasteiger charge is 2.33. The van der Waals surface area contributed by atoms with Gasteiger partial charge in [0, 0.05) is 17.7 Å². The minimum Gasteiger partial charge on any atom is -0.458 e. The summed E-state index contributed by atoms with van der Waals surface area (Å²) >= 11 is 0. The third kappa shape index (κ3) is 3.81. The number of carbonyl (C=O) groups excluding carboxylic acids is 1. The van der Waals surface area contributed by atoms with Gasteiger partial charge in [-0.3, -0.25) is 4.90 Å². The van der Waals surface area contributed by atoms with Crippen molar-refractivity contribution in [1.29, 1.82) is 0 Å². The summed E-state index contributed by atoms with van der Waals surface area (Å²) in [4.78, 5) is 13.3. The molecule has 0 spiro atoms. The monoisotopic (exact) mass is 419 g/mol. The normalized spacial score (nSPS) is 18.7. The number of halogens is 3. The summed E-state index contributed by atoms with van der Waals surface area (Å²) < 4.78 is 55.8. The summed E-state index contributed by atoms with van der Waals surface area (Å²) in [6.45, 7) is 4.19. The number of rotatable bonds is 4. The maximum atomic E-state index is 13.1. The number of ether oxygens (including phenoxy) is 3. The van der Waals surface area contributed by atoms with E-state index in [4.69, 9.17) is 14.2 Å². The molecule has 2 aromatic carbocycles. The van der Waals surface area contributed by atoms with E-state index in [0.29, 0.717) is 24.5 Å². The smallest absolute Gasteiger partial charge is 0.416 e. The number of cyclic esters (lactones) is 1. The second-order valence-electron chi connectivity index (χ2n) is 7.22. The molecule has 8 heteroatoms. The Morgan fingerprint density at radius 2 is 1.97 bits per heavy atom. The first-order valence-corrected chi connectivity index (χ1v) is 9.47. The molecule has 0 N–H and O–H groups in total. The number of hydrogen-bond acceptors (Lipinski definition) is 4. The predicted octanol–water partition coefficient (Wildman–Crippen LogP) is 5.19. The molecule has 2 aromatic rings. The van der Waals surface area contributed by atoms with E-state index in [1.807, 2.05) is 19.1 Å². The van der Waals surface area contributed by atoms with Crippen LogP contribution < -0.4 is 4.90 Å². The molecule has 2 aliphatic rings. The fourth-order valence-corrected chi connectivity index (χ4v) is 3.66. The van der Waals surface area contributed by atoms with Crippen molar-refractivity contribution in [3.8, 4) is 0 Å². The number of carbonyl (C=O) groups is 1. The molecule has 2 heterocycles. The lowest BCUT2D eigenvalue weighted by molar-refractivity contribution is -0.138. The lowest BCUT2D eigenvalue weighted by atomic mass is 9.99. The third-order valence-corrected chi connectivity index (χ3v) is 5.27. The van der Waals surface area contributed by atoms with Crippen LogP contribution in [0.2, 0.25) is 0 Å². The zero-order valence-electron chi connectivity index (χ0n) is 16.5. The molecule has 0 aliphatic carbocycles. The predicted molar refractivity (Wildman–Crippen MR) is 104 cm³/mol. The van der Waals surface area contributed by atoms with E-state index < -0.39 is 18.0 Å². The Labute approximate surface area is 171 Å². The fourth-order valence-electron chi connectivity index (χ4n) is 3.66. The van der Waals surface area contributed by atoms with E-state index in [2.05, 4.69) is 0 Å². The topological polar surface area (TPSA) is 48.0 Å².